The molecule has 2 unspecified atom stereocenters. The first kappa shape index (κ1) is 89.4. The lowest BCUT2D eigenvalue weighted by atomic mass is 10.0. The third-order valence-corrected chi connectivity index (χ3v) is 17.8. The van der Waals surface area contributed by atoms with Gasteiger partial charge in [-0.2, -0.15) is 0 Å². The highest BCUT2D eigenvalue weighted by atomic mass is 31.2. The summed E-state index contributed by atoms with van der Waals surface area (Å²) in [6, 6.07) is 0. The Hall–Kier alpha value is -3.59. The highest BCUT2D eigenvalue weighted by Gasteiger charge is 2.26. The molecule has 0 aliphatic rings. The van der Waals surface area contributed by atoms with Crippen LogP contribution in [0.4, 0.5) is 0 Å². The maximum atomic E-state index is 12.8. The molecule has 0 rings (SSSR count). The largest absolute Gasteiger partial charge is 0.472 e. The highest BCUT2D eigenvalue weighted by molar-refractivity contribution is 7.47. The van der Waals surface area contributed by atoms with Gasteiger partial charge in [-0.1, -0.05) is 360 Å². The zero-order valence-corrected chi connectivity index (χ0v) is 61.4. The lowest BCUT2D eigenvalue weighted by Gasteiger charge is -2.19. The van der Waals surface area contributed by atoms with E-state index in [-0.39, 0.29) is 38.6 Å². The molecule has 0 aliphatic heterocycles. The number of nitrogens with two attached hydrogens (primary N) is 1. The minimum absolute atomic E-state index is 0.0493. The van der Waals surface area contributed by atoms with Crippen molar-refractivity contribution in [2.45, 2.75) is 367 Å². The van der Waals surface area contributed by atoms with Gasteiger partial charge in [0.15, 0.2) is 6.10 Å². The van der Waals surface area contributed by atoms with Gasteiger partial charge in [0.05, 0.1) is 13.2 Å². The second-order valence-corrected chi connectivity index (χ2v) is 27.3. The van der Waals surface area contributed by atoms with E-state index in [1.54, 1.807) is 0 Å². The van der Waals surface area contributed by atoms with E-state index >= 15 is 0 Å². The second kappa shape index (κ2) is 77.4. The van der Waals surface area contributed by atoms with E-state index in [1.807, 2.05) is 0 Å². The number of hydrogen-bond donors (Lipinski definition) is 2. The molecule has 0 aliphatic carbocycles. The molecule has 0 aromatic heterocycles. The van der Waals surface area contributed by atoms with Crippen molar-refractivity contribution in [3.05, 3.63) is 122 Å². The summed E-state index contributed by atoms with van der Waals surface area (Å²) in [5.41, 5.74) is 5.41. The number of ether oxygens (including phenoxy) is 2. The molecule has 0 fully saturated rings. The van der Waals surface area contributed by atoms with E-state index in [9.17, 15) is 19.0 Å². The van der Waals surface area contributed by atoms with Crippen LogP contribution in [0.5, 0.6) is 0 Å². The van der Waals surface area contributed by atoms with Crippen LogP contribution in [0.15, 0.2) is 122 Å². The molecule has 3 N–H and O–H groups in total. The lowest BCUT2D eigenvalue weighted by Crippen LogP contribution is -2.29. The Morgan fingerprint density at radius 2 is 0.591 bits per heavy atom. The molecule has 93 heavy (non-hydrogen) atoms. The van der Waals surface area contributed by atoms with E-state index in [4.69, 9.17) is 24.3 Å². The van der Waals surface area contributed by atoms with Crippen molar-refractivity contribution in [1.29, 1.82) is 0 Å². The van der Waals surface area contributed by atoms with Gasteiger partial charge in [-0.05, 0) is 109 Å². The summed E-state index contributed by atoms with van der Waals surface area (Å²) in [6.45, 7) is 3.65. The normalized spacial score (nSPS) is 13.5. The Bertz CT molecular complexity index is 1950. The average Bonchev–Trinajstić information content (AvgIpc) is 3.70. The fourth-order valence-electron chi connectivity index (χ4n) is 11.1. The molecule has 9 nitrogen and oxygen atoms in total. The van der Waals surface area contributed by atoms with E-state index < -0.39 is 26.5 Å². The maximum absolute atomic E-state index is 12.8. The molecular formula is C83H146NO8P. The molecule has 0 amide bonds. The lowest BCUT2D eigenvalue weighted by molar-refractivity contribution is -0.161. The molecule has 536 valence electrons. The predicted molar refractivity (Wildman–Crippen MR) is 404 cm³/mol. The topological polar surface area (TPSA) is 134 Å². The molecule has 2 atom stereocenters. The maximum Gasteiger partial charge on any atom is 0.472 e. The average molecular weight is 1320 g/mol. The fourth-order valence-corrected chi connectivity index (χ4v) is 11.9. The van der Waals surface area contributed by atoms with Gasteiger partial charge in [-0.15, -0.1) is 0 Å². The number of unbranched alkanes of at least 4 members (excludes halogenated alkanes) is 40. The Morgan fingerprint density at radius 1 is 0.333 bits per heavy atom. The van der Waals surface area contributed by atoms with Crippen LogP contribution >= 0.6 is 7.82 Å². The number of allylic oxidation sites excluding steroid dienone is 20. The fraction of sp³-hybridized carbons (Fsp3) is 0.735. The third-order valence-electron chi connectivity index (χ3n) is 16.8. The molecule has 0 bridgehead atoms. The number of carbonyl (C=O) groups is 2. The van der Waals surface area contributed by atoms with Crippen LogP contribution in [-0.4, -0.2) is 49.3 Å². The van der Waals surface area contributed by atoms with Crippen LogP contribution in [0.25, 0.3) is 0 Å². The van der Waals surface area contributed by atoms with Gasteiger partial charge < -0.3 is 20.1 Å². The van der Waals surface area contributed by atoms with Crippen molar-refractivity contribution < 1.29 is 37.6 Å². The van der Waals surface area contributed by atoms with Crippen molar-refractivity contribution in [3.63, 3.8) is 0 Å². The number of esters is 2. The molecule has 0 heterocycles. The van der Waals surface area contributed by atoms with Crippen LogP contribution in [0, 0.1) is 0 Å². The summed E-state index contributed by atoms with van der Waals surface area (Å²) in [5.74, 6) is -0.824. The van der Waals surface area contributed by atoms with Crippen LogP contribution < -0.4 is 5.73 Å². The van der Waals surface area contributed by atoms with Gasteiger partial charge >= 0.3 is 19.8 Å². The van der Waals surface area contributed by atoms with E-state index in [0.717, 1.165) is 103 Å². The van der Waals surface area contributed by atoms with E-state index in [2.05, 4.69) is 135 Å². The Balaban J connectivity index is 3.84. The molecule has 0 saturated heterocycles. The van der Waals surface area contributed by atoms with Gasteiger partial charge in [0.1, 0.15) is 6.61 Å². The number of carbonyl (C=O) groups excluding carboxylic acids is 2. The summed E-state index contributed by atoms with van der Waals surface area (Å²) >= 11 is 0. The standard InChI is InChI=1S/C83H146NO8P/c1-3-5-7-9-11-13-15-17-19-21-23-25-27-29-31-33-35-37-39-40-42-43-45-47-49-51-53-55-57-59-61-63-65-67-69-71-73-75-82(85)89-79-81(80-91-93(87,88)90-78-77-84)92-83(86)76-74-72-70-68-66-64-62-60-58-56-54-52-50-48-46-44-41-38-36-34-32-30-28-26-24-22-20-18-16-14-12-10-8-6-4-2/h6,8,12,14-15,17-18,20-21,23-24,26,30,32,36,38,44,46,50,52,81H,3-5,7,9-11,13,16,19,22,25,27-29,31,33-35,37,39-43,45,47-49,51,53-80,84H2,1-2H3,(H,87,88)/b8-6-,14-12-,17-15-,20-18-,23-21-,26-24-,32-30-,38-36-,46-44-,52-50-. The summed E-state index contributed by atoms with van der Waals surface area (Å²) in [5, 5.41) is 0. The smallest absolute Gasteiger partial charge is 0.462 e. The van der Waals surface area contributed by atoms with Crippen molar-refractivity contribution in [3.8, 4) is 0 Å². The Labute approximate surface area is 574 Å². The summed E-state index contributed by atoms with van der Waals surface area (Å²) in [7, 11) is -4.40. The molecule has 10 heteroatoms. The zero-order chi connectivity index (χ0) is 67.2. The molecule has 0 spiro atoms. The first-order valence-electron chi connectivity index (χ1n) is 39.0. The van der Waals surface area contributed by atoms with Crippen molar-refractivity contribution in [1.82, 2.24) is 0 Å². The molecular weight excluding hydrogens is 1170 g/mol. The molecule has 0 aromatic carbocycles. The second-order valence-electron chi connectivity index (χ2n) is 25.8. The Kier molecular flexibility index (Phi) is 74.4. The Morgan fingerprint density at radius 3 is 0.882 bits per heavy atom. The molecule has 0 aromatic rings. The zero-order valence-electron chi connectivity index (χ0n) is 60.5. The van der Waals surface area contributed by atoms with E-state index in [1.165, 1.54) is 225 Å². The van der Waals surface area contributed by atoms with Gasteiger partial charge in [0.25, 0.3) is 0 Å². The van der Waals surface area contributed by atoms with Crippen molar-refractivity contribution in [2.75, 3.05) is 26.4 Å². The van der Waals surface area contributed by atoms with Crippen LogP contribution in [0.2, 0.25) is 0 Å². The van der Waals surface area contributed by atoms with E-state index in [0.29, 0.717) is 6.42 Å². The van der Waals surface area contributed by atoms with Gasteiger partial charge in [-0.25, -0.2) is 4.57 Å². The van der Waals surface area contributed by atoms with Crippen LogP contribution in [-0.2, 0) is 32.7 Å². The predicted octanol–water partition coefficient (Wildman–Crippen LogP) is 26.2. The summed E-state index contributed by atoms with van der Waals surface area (Å²) in [4.78, 5) is 35.4. The van der Waals surface area contributed by atoms with Crippen LogP contribution in [0.3, 0.4) is 0 Å². The molecule has 0 radical (unpaired) electrons. The number of hydrogen-bond acceptors (Lipinski definition) is 8. The van der Waals surface area contributed by atoms with Crippen molar-refractivity contribution >= 4 is 19.8 Å². The minimum atomic E-state index is -4.40. The summed E-state index contributed by atoms with van der Waals surface area (Å²) in [6.07, 6.45) is 109. The van der Waals surface area contributed by atoms with Gasteiger partial charge in [-0.3, -0.25) is 18.6 Å². The number of rotatable bonds is 73. The monoisotopic (exact) mass is 1320 g/mol. The first-order valence-corrected chi connectivity index (χ1v) is 40.5. The number of phosphoric ester groups is 1. The minimum Gasteiger partial charge on any atom is -0.462 e. The van der Waals surface area contributed by atoms with Crippen molar-refractivity contribution in [2.24, 2.45) is 5.73 Å². The first-order chi connectivity index (χ1) is 45.8. The third kappa shape index (κ3) is 77.3. The van der Waals surface area contributed by atoms with Crippen LogP contribution in [0.1, 0.15) is 361 Å². The highest BCUT2D eigenvalue weighted by Crippen LogP contribution is 2.43. The number of phosphoric acid groups is 1. The quantitative estimate of drug-likeness (QED) is 0.0264. The van der Waals surface area contributed by atoms with Gasteiger partial charge in [0, 0.05) is 19.4 Å². The SMILES string of the molecule is CC/C=C\C/C=C\C/C=C\C/C=C\C/C=C\C/C=C\C/C=C\C/C=C\CCCCCCCCCCCCC(=O)OC(COC(=O)CCCCCCCCCCCCCCCCCCCCCCCCCCC/C=C\C/C=C\CCCCCCC)COP(=O)(O)OCCN. The van der Waals surface area contributed by atoms with Gasteiger partial charge in [0.2, 0.25) is 0 Å². The summed E-state index contributed by atoms with van der Waals surface area (Å²) < 4.78 is 33.3. The molecule has 0 saturated carbocycles.